The number of hydrogen-bond donors (Lipinski definition) is 1. The molecule has 0 unspecified atom stereocenters. The van der Waals surface area contributed by atoms with Crippen LogP contribution in [0.15, 0.2) is 51.9 Å². The van der Waals surface area contributed by atoms with Gasteiger partial charge in [-0.05, 0) is 43.3 Å². The molecule has 0 spiro atoms. The number of primary amides is 1. The molecule has 2 N–H and O–H groups in total. The normalized spacial score (nSPS) is 11.1. The lowest BCUT2D eigenvalue weighted by atomic mass is 10.1. The largest absolute Gasteiger partial charge is 0.461 e. The molecule has 0 bridgehead atoms. The number of fused-ring (bicyclic) bond motifs is 1. The number of halogens is 1. The van der Waals surface area contributed by atoms with Crippen molar-refractivity contribution in [1.82, 2.24) is 19.1 Å². The van der Waals surface area contributed by atoms with Gasteiger partial charge in [-0.25, -0.2) is 19.2 Å². The number of rotatable bonds is 6. The van der Waals surface area contributed by atoms with E-state index in [1.54, 1.807) is 19.1 Å². The van der Waals surface area contributed by atoms with Gasteiger partial charge in [0.2, 0.25) is 0 Å². The number of aromatic nitrogens is 4. The molecular formula is C20H16FN5O4. The van der Waals surface area contributed by atoms with Gasteiger partial charge in [0.05, 0.1) is 12.8 Å². The molecule has 0 aliphatic carbocycles. The van der Waals surface area contributed by atoms with Crippen LogP contribution in [0.4, 0.5) is 4.39 Å². The van der Waals surface area contributed by atoms with Crippen LogP contribution in [0.25, 0.3) is 22.7 Å². The number of Topliss-reactive ketones (excluding diaryl/α,β-unsaturated/α-hetero) is 1. The average molecular weight is 409 g/mol. The van der Waals surface area contributed by atoms with Crippen molar-refractivity contribution in [2.45, 2.75) is 20.0 Å². The number of carbonyl (C=O) groups is 2. The molecule has 152 valence electrons. The Morgan fingerprint density at radius 3 is 2.47 bits per heavy atom. The molecule has 3 heterocycles. The summed E-state index contributed by atoms with van der Waals surface area (Å²) in [5, 5.41) is 0. The van der Waals surface area contributed by atoms with Crippen molar-refractivity contribution in [3.05, 3.63) is 70.2 Å². The van der Waals surface area contributed by atoms with Crippen molar-refractivity contribution < 1.29 is 18.4 Å². The van der Waals surface area contributed by atoms with E-state index in [1.807, 2.05) is 0 Å². The number of aryl methyl sites for hydroxylation is 1. The summed E-state index contributed by atoms with van der Waals surface area (Å²) in [5.41, 5.74) is 5.20. The minimum absolute atomic E-state index is 0.0557. The summed E-state index contributed by atoms with van der Waals surface area (Å²) in [4.78, 5) is 46.4. The molecule has 1 aromatic carbocycles. The Hall–Kier alpha value is -4.08. The number of carbonyl (C=O) groups excluding carboxylic acids is 2. The molecule has 1 amide bonds. The highest BCUT2D eigenvalue weighted by Gasteiger charge is 2.25. The van der Waals surface area contributed by atoms with Crippen molar-refractivity contribution >= 4 is 22.9 Å². The zero-order chi connectivity index (χ0) is 21.4. The Balaban J connectivity index is 1.92. The second kappa shape index (κ2) is 7.39. The van der Waals surface area contributed by atoms with E-state index in [9.17, 15) is 18.8 Å². The van der Waals surface area contributed by atoms with Crippen LogP contribution in [0.1, 0.15) is 27.8 Å². The minimum atomic E-state index is -0.883. The number of furan rings is 1. The van der Waals surface area contributed by atoms with Crippen molar-refractivity contribution in [3.8, 4) is 11.6 Å². The molecular weight excluding hydrogens is 393 g/mol. The zero-order valence-electron chi connectivity index (χ0n) is 15.8. The predicted octanol–water partition coefficient (Wildman–Crippen LogP) is 1.99. The summed E-state index contributed by atoms with van der Waals surface area (Å²) < 4.78 is 20.9. The smallest absolute Gasteiger partial charge is 0.330 e. The van der Waals surface area contributed by atoms with Gasteiger partial charge in [0, 0.05) is 12.1 Å². The van der Waals surface area contributed by atoms with Crippen LogP contribution < -0.4 is 11.4 Å². The van der Waals surface area contributed by atoms with E-state index in [-0.39, 0.29) is 34.8 Å². The highest BCUT2D eigenvalue weighted by atomic mass is 19.1. The number of amides is 1. The summed E-state index contributed by atoms with van der Waals surface area (Å²) in [6.45, 7) is 1.57. The second-order valence-electron chi connectivity index (χ2n) is 6.45. The molecule has 0 fully saturated rings. The van der Waals surface area contributed by atoms with E-state index in [0.29, 0.717) is 5.76 Å². The first kappa shape index (κ1) is 19.2. The van der Waals surface area contributed by atoms with Crippen LogP contribution in [-0.4, -0.2) is 30.8 Å². The second-order valence-corrected chi connectivity index (χ2v) is 6.45. The molecule has 0 saturated carbocycles. The van der Waals surface area contributed by atoms with E-state index >= 15 is 0 Å². The molecule has 10 heteroatoms. The Bertz CT molecular complexity index is 1320. The molecule has 4 aromatic rings. The number of nitrogens with zero attached hydrogens (tertiary/aromatic N) is 4. The summed E-state index contributed by atoms with van der Waals surface area (Å²) >= 11 is 0. The first-order chi connectivity index (χ1) is 14.4. The number of benzene rings is 1. The van der Waals surface area contributed by atoms with Gasteiger partial charge >= 0.3 is 5.69 Å². The van der Waals surface area contributed by atoms with E-state index < -0.39 is 29.7 Å². The first-order valence-electron chi connectivity index (χ1n) is 9.04. The standard InChI is InChI=1S/C20H16FN5O4/c1-2-25-19-16(15(17(22)28)23-18(24-19)14-4-3-9-30-14)26(20(25)29)10-13(27)11-5-7-12(21)8-6-11/h3-9H,2,10H2,1H3,(H2,22,28). The maximum Gasteiger partial charge on any atom is 0.330 e. The fourth-order valence-electron chi connectivity index (χ4n) is 3.20. The van der Waals surface area contributed by atoms with Crippen molar-refractivity contribution in [1.29, 1.82) is 0 Å². The fourth-order valence-corrected chi connectivity index (χ4v) is 3.20. The lowest BCUT2D eigenvalue weighted by molar-refractivity contribution is 0.0966. The minimum Gasteiger partial charge on any atom is -0.461 e. The van der Waals surface area contributed by atoms with Crippen LogP contribution in [0.2, 0.25) is 0 Å². The molecule has 0 aliphatic heterocycles. The van der Waals surface area contributed by atoms with Crippen LogP contribution in [0, 0.1) is 5.82 Å². The molecule has 0 saturated heterocycles. The number of nitrogens with two attached hydrogens (primary N) is 1. The molecule has 9 nitrogen and oxygen atoms in total. The third kappa shape index (κ3) is 3.17. The Morgan fingerprint density at radius 1 is 1.13 bits per heavy atom. The monoisotopic (exact) mass is 409 g/mol. The van der Waals surface area contributed by atoms with Crippen LogP contribution in [0.3, 0.4) is 0 Å². The molecule has 0 atom stereocenters. The molecule has 30 heavy (non-hydrogen) atoms. The molecule has 0 aliphatic rings. The van der Waals surface area contributed by atoms with Gasteiger partial charge in [-0.3, -0.25) is 18.7 Å². The van der Waals surface area contributed by atoms with Crippen LogP contribution in [-0.2, 0) is 13.1 Å². The van der Waals surface area contributed by atoms with Crippen LogP contribution in [0.5, 0.6) is 0 Å². The number of ketones is 1. The van der Waals surface area contributed by atoms with Gasteiger partial charge in [0.15, 0.2) is 28.7 Å². The number of imidazole rings is 1. The lowest BCUT2D eigenvalue weighted by Crippen LogP contribution is -2.27. The van der Waals surface area contributed by atoms with Crippen molar-refractivity contribution in [2.24, 2.45) is 5.73 Å². The quantitative estimate of drug-likeness (QED) is 0.486. The Morgan fingerprint density at radius 2 is 1.87 bits per heavy atom. The van der Waals surface area contributed by atoms with Gasteiger partial charge in [-0.1, -0.05) is 0 Å². The van der Waals surface area contributed by atoms with Gasteiger partial charge in [-0.15, -0.1) is 0 Å². The fraction of sp³-hybridized carbons (Fsp3) is 0.150. The highest BCUT2D eigenvalue weighted by molar-refractivity contribution is 6.03. The van der Waals surface area contributed by atoms with Gasteiger partial charge < -0.3 is 10.2 Å². The van der Waals surface area contributed by atoms with Gasteiger partial charge in [-0.2, -0.15) is 0 Å². The summed E-state index contributed by atoms with van der Waals surface area (Å²) in [5.74, 6) is -1.43. The summed E-state index contributed by atoms with van der Waals surface area (Å²) in [6.07, 6.45) is 1.42. The van der Waals surface area contributed by atoms with Crippen molar-refractivity contribution in [2.75, 3.05) is 0 Å². The van der Waals surface area contributed by atoms with E-state index in [2.05, 4.69) is 9.97 Å². The predicted molar refractivity (Wildman–Crippen MR) is 104 cm³/mol. The Kier molecular flexibility index (Phi) is 4.74. The topological polar surface area (TPSA) is 126 Å². The zero-order valence-corrected chi connectivity index (χ0v) is 15.8. The van der Waals surface area contributed by atoms with E-state index in [4.69, 9.17) is 10.2 Å². The SMILES string of the molecule is CCn1c(=O)n(CC(=O)c2ccc(F)cc2)c2c(C(N)=O)nc(-c3ccco3)nc21. The van der Waals surface area contributed by atoms with Crippen molar-refractivity contribution in [3.63, 3.8) is 0 Å². The van der Waals surface area contributed by atoms with E-state index in [1.165, 1.54) is 23.0 Å². The average Bonchev–Trinajstić information content (AvgIpc) is 3.35. The lowest BCUT2D eigenvalue weighted by Gasteiger charge is -2.06. The van der Waals surface area contributed by atoms with Crippen LogP contribution >= 0.6 is 0 Å². The molecule has 3 aromatic heterocycles. The maximum absolute atomic E-state index is 13.1. The molecule has 0 radical (unpaired) electrons. The third-order valence-electron chi connectivity index (χ3n) is 4.61. The summed E-state index contributed by atoms with van der Waals surface area (Å²) in [6, 6.07) is 8.18. The third-order valence-corrected chi connectivity index (χ3v) is 4.61. The Labute approximate surface area is 168 Å². The number of hydrogen-bond acceptors (Lipinski definition) is 6. The maximum atomic E-state index is 13.1. The molecule has 4 rings (SSSR count). The first-order valence-corrected chi connectivity index (χ1v) is 9.04. The summed E-state index contributed by atoms with van der Waals surface area (Å²) in [7, 11) is 0. The van der Waals surface area contributed by atoms with E-state index in [0.717, 1.165) is 16.7 Å². The van der Waals surface area contributed by atoms with Gasteiger partial charge in [0.1, 0.15) is 11.3 Å². The van der Waals surface area contributed by atoms with Gasteiger partial charge in [0.25, 0.3) is 5.91 Å². The highest BCUT2D eigenvalue weighted by Crippen LogP contribution is 2.22.